The fraction of sp³-hybridized carbons (Fsp3) is 0.526. The number of carbonyl (C=O) groups is 1. The number of aryl methyl sites for hydroxylation is 1. The minimum Gasteiger partial charge on any atom is -0.394 e. The van der Waals surface area contributed by atoms with E-state index < -0.39 is 0 Å². The second-order valence-corrected chi connectivity index (χ2v) is 8.50. The topological polar surface area (TPSA) is 80.4 Å². The average Bonchev–Trinajstić information content (AvgIpc) is 3.15. The molecular formula is C19H24N4O3S. The second kappa shape index (κ2) is 7.09. The van der Waals surface area contributed by atoms with E-state index in [2.05, 4.69) is 12.0 Å². The number of aromatic nitrogens is 3. The second-order valence-electron chi connectivity index (χ2n) is 7.25. The van der Waals surface area contributed by atoms with Crippen molar-refractivity contribution in [1.29, 1.82) is 0 Å². The molecule has 3 aromatic rings. The summed E-state index contributed by atoms with van der Waals surface area (Å²) in [6.45, 7) is 5.03. The molecule has 1 fully saturated rings. The molecule has 4 heterocycles. The highest BCUT2D eigenvalue weighted by Crippen LogP contribution is 2.33. The van der Waals surface area contributed by atoms with Gasteiger partial charge in [0.25, 0.3) is 5.56 Å². The summed E-state index contributed by atoms with van der Waals surface area (Å²) < 4.78 is 4.10. The third-order valence-electron chi connectivity index (χ3n) is 5.39. The molecule has 0 saturated carbocycles. The molecule has 27 heavy (non-hydrogen) atoms. The zero-order valence-electron chi connectivity index (χ0n) is 15.6. The van der Waals surface area contributed by atoms with Crippen LogP contribution < -0.4 is 5.56 Å². The number of hydrogen-bond acceptors (Lipinski definition) is 5. The average molecular weight is 388 g/mol. The largest absolute Gasteiger partial charge is 0.394 e. The van der Waals surface area contributed by atoms with Crippen LogP contribution in [0.25, 0.3) is 21.1 Å². The summed E-state index contributed by atoms with van der Waals surface area (Å²) in [5.41, 5.74) is 1.14. The third-order valence-corrected chi connectivity index (χ3v) is 6.46. The van der Waals surface area contributed by atoms with Crippen LogP contribution in [0.2, 0.25) is 0 Å². The number of rotatable bonds is 4. The Balaban J connectivity index is 1.84. The molecule has 4 rings (SSSR count). The van der Waals surface area contributed by atoms with Crippen LogP contribution in [0.3, 0.4) is 0 Å². The number of nitrogens with zero attached hydrogens (tertiary/aromatic N) is 4. The summed E-state index contributed by atoms with van der Waals surface area (Å²) in [5.74, 6) is 0.0507. The van der Waals surface area contributed by atoms with Gasteiger partial charge in [-0.15, -0.1) is 11.3 Å². The van der Waals surface area contributed by atoms with Gasteiger partial charge in [-0.1, -0.05) is 0 Å². The summed E-state index contributed by atoms with van der Waals surface area (Å²) in [6, 6.07) is 2.27. The number of carbonyl (C=O) groups excluding carboxylic acids is 1. The molecule has 8 heteroatoms. The predicted octanol–water partition coefficient (Wildman–Crippen LogP) is 2.11. The van der Waals surface area contributed by atoms with Gasteiger partial charge in [-0.05, 0) is 39.2 Å². The van der Waals surface area contributed by atoms with Crippen LogP contribution in [0.15, 0.2) is 17.1 Å². The van der Waals surface area contributed by atoms with Gasteiger partial charge >= 0.3 is 0 Å². The van der Waals surface area contributed by atoms with Gasteiger partial charge in [-0.3, -0.25) is 9.59 Å². The molecule has 144 valence electrons. The first kappa shape index (κ1) is 18.2. The van der Waals surface area contributed by atoms with E-state index >= 15 is 0 Å². The lowest BCUT2D eigenvalue weighted by molar-refractivity contribution is -0.134. The Morgan fingerprint density at radius 1 is 1.41 bits per heavy atom. The molecular weight excluding hydrogens is 364 g/mol. The van der Waals surface area contributed by atoms with E-state index in [0.717, 1.165) is 46.3 Å². The molecule has 0 aromatic carbocycles. The Bertz CT molecular complexity index is 1060. The zero-order chi connectivity index (χ0) is 19.1. The molecule has 1 N–H and O–H groups in total. The van der Waals surface area contributed by atoms with Crippen molar-refractivity contribution in [2.45, 2.75) is 52.2 Å². The quantitative estimate of drug-likeness (QED) is 0.742. The fourth-order valence-electron chi connectivity index (χ4n) is 4.03. The summed E-state index contributed by atoms with van der Waals surface area (Å²) >= 11 is 1.61. The summed E-state index contributed by atoms with van der Waals surface area (Å²) in [6.07, 6.45) is 4.89. The van der Waals surface area contributed by atoms with E-state index in [9.17, 15) is 14.7 Å². The van der Waals surface area contributed by atoms with Crippen molar-refractivity contribution in [3.63, 3.8) is 0 Å². The number of likely N-dealkylation sites (tertiary alicyclic amines) is 1. The smallest absolute Gasteiger partial charge is 0.291 e. The maximum atomic E-state index is 13.0. The molecule has 1 aliphatic rings. The number of aliphatic hydroxyl groups is 1. The Labute approximate surface area is 160 Å². The first-order chi connectivity index (χ1) is 13.0. The van der Waals surface area contributed by atoms with Gasteiger partial charge in [-0.25, -0.2) is 4.68 Å². The standard InChI is InChI=1S/C19H24N4O3S/c1-12-5-3-4-6-21(12)16(25)11-22-15-9-13(2)27-18(15)14-10-20-23(7-8-24)19(26)17(14)22/h9-10,12,24H,3-8,11H2,1-2H3/t12-/m0/s1. The first-order valence-corrected chi connectivity index (χ1v) is 10.2. The number of aliphatic hydroxyl groups excluding tert-OH is 1. The first-order valence-electron chi connectivity index (χ1n) is 9.40. The molecule has 1 saturated heterocycles. The maximum Gasteiger partial charge on any atom is 0.291 e. The van der Waals surface area contributed by atoms with Crippen molar-refractivity contribution in [2.75, 3.05) is 13.2 Å². The van der Waals surface area contributed by atoms with Crippen LogP contribution in [0.5, 0.6) is 0 Å². The van der Waals surface area contributed by atoms with Crippen molar-refractivity contribution < 1.29 is 9.90 Å². The Hall–Kier alpha value is -2.19. The highest BCUT2D eigenvalue weighted by molar-refractivity contribution is 7.20. The van der Waals surface area contributed by atoms with Gasteiger partial charge in [0.15, 0.2) is 0 Å². The Kier molecular flexibility index (Phi) is 4.77. The van der Waals surface area contributed by atoms with E-state index in [4.69, 9.17) is 0 Å². The van der Waals surface area contributed by atoms with Crippen LogP contribution in [0.4, 0.5) is 0 Å². The lowest BCUT2D eigenvalue weighted by Crippen LogP contribution is -2.43. The molecule has 1 atom stereocenters. The van der Waals surface area contributed by atoms with Crippen LogP contribution in [0.1, 0.15) is 31.1 Å². The summed E-state index contributed by atoms with van der Waals surface area (Å²) in [5, 5.41) is 14.2. The number of amides is 1. The normalized spacial score (nSPS) is 17.9. The van der Waals surface area contributed by atoms with Crippen molar-refractivity contribution in [2.24, 2.45) is 0 Å². The van der Waals surface area contributed by atoms with Crippen LogP contribution in [-0.4, -0.2) is 49.5 Å². The van der Waals surface area contributed by atoms with E-state index in [-0.39, 0.29) is 37.2 Å². The lowest BCUT2D eigenvalue weighted by Gasteiger charge is -2.33. The van der Waals surface area contributed by atoms with E-state index in [0.29, 0.717) is 5.52 Å². The summed E-state index contributed by atoms with van der Waals surface area (Å²) in [7, 11) is 0. The minimum atomic E-state index is -0.262. The molecule has 7 nitrogen and oxygen atoms in total. The van der Waals surface area contributed by atoms with Crippen LogP contribution in [-0.2, 0) is 17.9 Å². The highest BCUT2D eigenvalue weighted by Gasteiger charge is 2.26. The predicted molar refractivity (Wildman–Crippen MR) is 106 cm³/mol. The number of thiophene rings is 1. The van der Waals surface area contributed by atoms with Crippen molar-refractivity contribution in [1.82, 2.24) is 19.2 Å². The lowest BCUT2D eigenvalue weighted by atomic mass is 10.0. The van der Waals surface area contributed by atoms with E-state index in [1.54, 1.807) is 17.5 Å². The number of fused-ring (bicyclic) bond motifs is 3. The van der Waals surface area contributed by atoms with Gasteiger partial charge in [0.05, 0.1) is 29.6 Å². The fourth-order valence-corrected chi connectivity index (χ4v) is 5.06. The molecule has 1 aliphatic heterocycles. The molecule has 0 unspecified atom stereocenters. The van der Waals surface area contributed by atoms with Gasteiger partial charge in [0.2, 0.25) is 5.91 Å². The molecule has 0 aliphatic carbocycles. The molecule has 0 spiro atoms. The molecule has 0 radical (unpaired) electrons. The number of hydrogen-bond donors (Lipinski definition) is 1. The monoisotopic (exact) mass is 388 g/mol. The van der Waals surface area contributed by atoms with Crippen molar-refractivity contribution in [3.8, 4) is 0 Å². The summed E-state index contributed by atoms with van der Waals surface area (Å²) in [4.78, 5) is 29.1. The van der Waals surface area contributed by atoms with Gasteiger partial charge in [0.1, 0.15) is 12.1 Å². The molecule has 0 bridgehead atoms. The van der Waals surface area contributed by atoms with E-state index in [1.807, 2.05) is 22.5 Å². The van der Waals surface area contributed by atoms with Crippen LogP contribution in [0, 0.1) is 6.92 Å². The van der Waals surface area contributed by atoms with Crippen LogP contribution >= 0.6 is 11.3 Å². The zero-order valence-corrected chi connectivity index (χ0v) is 16.5. The van der Waals surface area contributed by atoms with Gasteiger partial charge in [-0.2, -0.15) is 5.10 Å². The van der Waals surface area contributed by atoms with Gasteiger partial charge < -0.3 is 14.6 Å². The maximum absolute atomic E-state index is 13.0. The Morgan fingerprint density at radius 2 is 2.22 bits per heavy atom. The third kappa shape index (κ3) is 3.06. The van der Waals surface area contributed by atoms with Gasteiger partial charge in [0, 0.05) is 22.8 Å². The van der Waals surface area contributed by atoms with Crippen molar-refractivity contribution >= 4 is 38.4 Å². The highest BCUT2D eigenvalue weighted by atomic mass is 32.1. The van der Waals surface area contributed by atoms with E-state index in [1.165, 1.54) is 4.68 Å². The van der Waals surface area contributed by atoms with Crippen molar-refractivity contribution in [3.05, 3.63) is 27.5 Å². The SMILES string of the molecule is Cc1cc2c(s1)c1cnn(CCO)c(=O)c1n2CC(=O)N1CCCC[C@@H]1C. The Morgan fingerprint density at radius 3 is 2.96 bits per heavy atom. The molecule has 1 amide bonds. The number of piperidine rings is 1. The molecule has 3 aromatic heterocycles. The minimum absolute atomic E-state index is 0.0507.